The maximum Gasteiger partial charge on any atom is 0.191 e. The van der Waals surface area contributed by atoms with E-state index in [9.17, 15) is 0 Å². The fraction of sp³-hybridized carbons (Fsp3) is 0.667. The van der Waals surface area contributed by atoms with Crippen molar-refractivity contribution in [2.45, 2.75) is 45.1 Å². The molecule has 0 aliphatic carbocycles. The number of hydrogen-bond acceptors (Lipinski definition) is 4. The maximum absolute atomic E-state index is 5.69. The first-order chi connectivity index (χ1) is 13.3. The van der Waals surface area contributed by atoms with Crippen LogP contribution in [0.1, 0.15) is 38.2 Å². The van der Waals surface area contributed by atoms with Crippen LogP contribution in [0.25, 0.3) is 0 Å². The van der Waals surface area contributed by atoms with Gasteiger partial charge in [0, 0.05) is 32.8 Å². The average molecular weight is 505 g/mol. The van der Waals surface area contributed by atoms with Gasteiger partial charge in [0.25, 0.3) is 0 Å². The minimum Gasteiger partial charge on any atom is -0.497 e. The zero-order valence-electron chi connectivity index (χ0n) is 17.2. The third-order valence-corrected chi connectivity index (χ3v) is 4.46. The number of guanidine groups is 1. The van der Waals surface area contributed by atoms with Crippen molar-refractivity contribution in [3.63, 3.8) is 0 Å². The van der Waals surface area contributed by atoms with E-state index in [0.717, 1.165) is 83.3 Å². The molecule has 1 saturated heterocycles. The van der Waals surface area contributed by atoms with Crippen LogP contribution in [-0.2, 0) is 15.9 Å². The van der Waals surface area contributed by atoms with E-state index < -0.39 is 0 Å². The molecule has 7 heteroatoms. The Morgan fingerprint density at radius 1 is 1.29 bits per heavy atom. The number of hydrogen-bond donors (Lipinski definition) is 2. The molecule has 0 aromatic heterocycles. The van der Waals surface area contributed by atoms with Crippen LogP contribution in [0.2, 0.25) is 0 Å². The van der Waals surface area contributed by atoms with Crippen molar-refractivity contribution in [3.05, 3.63) is 29.8 Å². The second-order valence-corrected chi connectivity index (χ2v) is 6.71. The molecule has 1 heterocycles. The van der Waals surface area contributed by atoms with Crippen molar-refractivity contribution in [2.75, 3.05) is 46.6 Å². The summed E-state index contributed by atoms with van der Waals surface area (Å²) in [6.45, 7) is 6.95. The van der Waals surface area contributed by atoms with Crippen molar-refractivity contribution in [1.82, 2.24) is 10.6 Å². The van der Waals surface area contributed by atoms with Crippen LogP contribution in [0.5, 0.6) is 5.75 Å². The summed E-state index contributed by atoms with van der Waals surface area (Å²) in [5, 5.41) is 6.67. The number of methoxy groups -OCH3 is 1. The zero-order chi connectivity index (χ0) is 19.2. The third-order valence-electron chi connectivity index (χ3n) is 4.46. The van der Waals surface area contributed by atoms with E-state index in [0.29, 0.717) is 6.10 Å². The molecule has 1 aliphatic rings. The highest BCUT2D eigenvalue weighted by atomic mass is 127. The highest BCUT2D eigenvalue weighted by molar-refractivity contribution is 14.0. The Bertz CT molecular complexity index is 551. The first-order valence-electron chi connectivity index (χ1n) is 10.2. The van der Waals surface area contributed by atoms with Crippen LogP contribution in [0.3, 0.4) is 0 Å². The lowest BCUT2D eigenvalue weighted by Crippen LogP contribution is -2.38. The monoisotopic (exact) mass is 505 g/mol. The Morgan fingerprint density at radius 2 is 2.18 bits per heavy atom. The molecule has 1 unspecified atom stereocenters. The number of benzene rings is 1. The molecule has 0 radical (unpaired) electrons. The topological polar surface area (TPSA) is 64.1 Å². The number of aryl methyl sites for hydroxylation is 1. The van der Waals surface area contributed by atoms with Gasteiger partial charge < -0.3 is 24.8 Å². The summed E-state index contributed by atoms with van der Waals surface area (Å²) in [4.78, 5) is 4.65. The van der Waals surface area contributed by atoms with Crippen LogP contribution in [0, 0.1) is 0 Å². The Labute approximate surface area is 186 Å². The van der Waals surface area contributed by atoms with Gasteiger partial charge in [0.2, 0.25) is 0 Å². The second kappa shape index (κ2) is 15.8. The van der Waals surface area contributed by atoms with Crippen LogP contribution in [-0.4, -0.2) is 58.6 Å². The van der Waals surface area contributed by atoms with Crippen LogP contribution >= 0.6 is 24.0 Å². The second-order valence-electron chi connectivity index (χ2n) is 6.71. The van der Waals surface area contributed by atoms with Crippen LogP contribution < -0.4 is 15.4 Å². The van der Waals surface area contributed by atoms with E-state index in [1.807, 2.05) is 12.1 Å². The minimum absolute atomic E-state index is 0. The number of rotatable bonds is 12. The van der Waals surface area contributed by atoms with Crippen molar-refractivity contribution in [3.8, 4) is 5.75 Å². The molecule has 1 fully saturated rings. The van der Waals surface area contributed by atoms with Gasteiger partial charge in [0.1, 0.15) is 5.75 Å². The van der Waals surface area contributed by atoms with E-state index in [2.05, 4.69) is 34.7 Å². The molecule has 28 heavy (non-hydrogen) atoms. The Morgan fingerprint density at radius 3 is 2.93 bits per heavy atom. The molecule has 2 rings (SSSR count). The molecular weight excluding hydrogens is 469 g/mol. The molecule has 0 spiro atoms. The summed E-state index contributed by atoms with van der Waals surface area (Å²) in [5.41, 5.74) is 1.28. The molecule has 1 aliphatic heterocycles. The highest BCUT2D eigenvalue weighted by Crippen LogP contribution is 2.14. The van der Waals surface area contributed by atoms with Gasteiger partial charge in [-0.25, -0.2) is 0 Å². The van der Waals surface area contributed by atoms with E-state index in [4.69, 9.17) is 14.2 Å². The molecule has 1 aromatic rings. The van der Waals surface area contributed by atoms with Gasteiger partial charge in [0.05, 0.1) is 19.8 Å². The number of nitrogens with one attached hydrogen (secondary N) is 2. The van der Waals surface area contributed by atoms with Crippen molar-refractivity contribution in [1.29, 1.82) is 0 Å². The van der Waals surface area contributed by atoms with Gasteiger partial charge in [-0.2, -0.15) is 0 Å². The summed E-state index contributed by atoms with van der Waals surface area (Å²) in [5.74, 6) is 1.79. The summed E-state index contributed by atoms with van der Waals surface area (Å²) >= 11 is 0. The largest absolute Gasteiger partial charge is 0.497 e. The van der Waals surface area contributed by atoms with Crippen molar-refractivity contribution >= 4 is 29.9 Å². The Balaban J connectivity index is 0.00000392. The minimum atomic E-state index is 0. The number of aliphatic imine (C=N–C) groups is 1. The molecule has 0 amide bonds. The number of ether oxygens (including phenoxy) is 3. The molecule has 1 aromatic carbocycles. The van der Waals surface area contributed by atoms with E-state index in [-0.39, 0.29) is 24.0 Å². The maximum atomic E-state index is 5.69. The summed E-state index contributed by atoms with van der Waals surface area (Å²) in [7, 11) is 1.70. The molecule has 0 saturated carbocycles. The summed E-state index contributed by atoms with van der Waals surface area (Å²) in [6.07, 6.45) is 5.56. The van der Waals surface area contributed by atoms with Crippen LogP contribution in [0.15, 0.2) is 29.3 Å². The molecule has 1 atom stereocenters. The standard InChI is InChI=1S/C21H35N3O3.HI/c1-3-22-21(24-13-7-14-26-17-20-11-6-15-27-20)23-12-5-9-18-8-4-10-19(16-18)25-2;/h4,8,10,16,20H,3,5-7,9,11-15,17H2,1-2H3,(H2,22,23,24);1H. The van der Waals surface area contributed by atoms with Crippen molar-refractivity contribution < 1.29 is 14.2 Å². The summed E-state index contributed by atoms with van der Waals surface area (Å²) in [6, 6.07) is 8.22. The van der Waals surface area contributed by atoms with Gasteiger partial charge in [0.15, 0.2) is 5.96 Å². The molecule has 160 valence electrons. The fourth-order valence-corrected chi connectivity index (χ4v) is 3.02. The first kappa shape index (κ1) is 25.0. The molecule has 0 bridgehead atoms. The Kier molecular flexibility index (Phi) is 14.1. The smallest absolute Gasteiger partial charge is 0.191 e. The lowest BCUT2D eigenvalue weighted by Gasteiger charge is -2.12. The highest BCUT2D eigenvalue weighted by Gasteiger charge is 2.14. The number of halogens is 1. The lowest BCUT2D eigenvalue weighted by molar-refractivity contribution is 0.0168. The molecular formula is C21H36IN3O3. The lowest BCUT2D eigenvalue weighted by atomic mass is 10.1. The average Bonchev–Trinajstić information content (AvgIpc) is 3.21. The zero-order valence-corrected chi connectivity index (χ0v) is 19.6. The van der Waals surface area contributed by atoms with Crippen molar-refractivity contribution in [2.24, 2.45) is 4.99 Å². The molecule has 6 nitrogen and oxygen atoms in total. The van der Waals surface area contributed by atoms with Gasteiger partial charge in [-0.15, -0.1) is 24.0 Å². The SMILES string of the molecule is CCNC(=NCCCc1cccc(OC)c1)NCCCOCC1CCCO1.I. The van der Waals surface area contributed by atoms with Crippen LogP contribution in [0.4, 0.5) is 0 Å². The number of nitrogens with zero attached hydrogens (tertiary/aromatic N) is 1. The Hall–Kier alpha value is -1.06. The fourth-order valence-electron chi connectivity index (χ4n) is 3.02. The van der Waals surface area contributed by atoms with Gasteiger partial charge >= 0.3 is 0 Å². The normalized spacial score (nSPS) is 16.5. The van der Waals surface area contributed by atoms with E-state index in [1.54, 1.807) is 7.11 Å². The summed E-state index contributed by atoms with van der Waals surface area (Å²) < 4.78 is 16.5. The van der Waals surface area contributed by atoms with E-state index >= 15 is 0 Å². The molecule has 2 N–H and O–H groups in total. The quantitative estimate of drug-likeness (QED) is 0.197. The van der Waals surface area contributed by atoms with Gasteiger partial charge in [-0.3, -0.25) is 4.99 Å². The third kappa shape index (κ3) is 10.5. The first-order valence-corrected chi connectivity index (χ1v) is 10.2. The predicted octanol–water partition coefficient (Wildman–Crippen LogP) is 3.39. The van der Waals surface area contributed by atoms with E-state index in [1.165, 1.54) is 5.56 Å². The predicted molar refractivity (Wildman–Crippen MR) is 125 cm³/mol. The van der Waals surface area contributed by atoms with Gasteiger partial charge in [-0.05, 0) is 56.7 Å². The van der Waals surface area contributed by atoms with Gasteiger partial charge in [-0.1, -0.05) is 12.1 Å².